The molecule has 4 rings (SSSR count). The first kappa shape index (κ1) is 22.0. The highest BCUT2D eigenvalue weighted by atomic mass is 16.5. The first-order valence-electron chi connectivity index (χ1n) is 11.1. The summed E-state index contributed by atoms with van der Waals surface area (Å²) in [4.78, 5) is 17.2. The summed E-state index contributed by atoms with van der Waals surface area (Å²) in [7, 11) is 0. The zero-order chi connectivity index (χ0) is 22.5. The van der Waals surface area contributed by atoms with Crippen molar-refractivity contribution in [3.8, 4) is 5.75 Å². The average molecular weight is 435 g/mol. The topological polar surface area (TPSA) is 76.4 Å². The fraction of sp³-hybridized carbons (Fsp3) is 0.417. The van der Waals surface area contributed by atoms with Crippen molar-refractivity contribution in [2.24, 2.45) is 0 Å². The second-order valence-electron chi connectivity index (χ2n) is 8.50. The molecule has 0 unspecified atom stereocenters. The molecule has 0 aliphatic carbocycles. The Morgan fingerprint density at radius 1 is 1.00 bits per heavy atom. The zero-order valence-electron chi connectivity index (χ0n) is 18.9. The number of rotatable bonds is 7. The van der Waals surface area contributed by atoms with Gasteiger partial charge in [-0.1, -0.05) is 29.8 Å². The minimum atomic E-state index is 0.0651. The van der Waals surface area contributed by atoms with Gasteiger partial charge in [-0.3, -0.25) is 9.69 Å². The summed E-state index contributed by atoms with van der Waals surface area (Å²) < 4.78 is 7.54. The molecule has 2 heterocycles. The highest BCUT2D eigenvalue weighted by Gasteiger charge is 2.22. The molecule has 0 spiro atoms. The Morgan fingerprint density at radius 3 is 2.34 bits per heavy atom. The fourth-order valence-electron chi connectivity index (χ4n) is 3.79. The second-order valence-corrected chi connectivity index (χ2v) is 8.50. The van der Waals surface area contributed by atoms with E-state index in [-0.39, 0.29) is 18.6 Å². The summed E-state index contributed by atoms with van der Waals surface area (Å²) >= 11 is 0. The average Bonchev–Trinajstić information content (AvgIpc) is 3.29. The molecular formula is C24H30N6O2. The highest BCUT2D eigenvalue weighted by Crippen LogP contribution is 2.17. The SMILES string of the molecule is Cc1ccc(CN2CCN(C(=O)c3ccc(OCc4nnnn4C(C)C)cc3)CC2)cc1. The lowest BCUT2D eigenvalue weighted by molar-refractivity contribution is 0.0628. The van der Waals surface area contributed by atoms with Gasteiger partial charge in [0.15, 0.2) is 5.82 Å². The van der Waals surface area contributed by atoms with Crippen LogP contribution in [0.15, 0.2) is 48.5 Å². The van der Waals surface area contributed by atoms with Gasteiger partial charge in [0.2, 0.25) is 0 Å². The molecule has 1 fully saturated rings. The number of nitrogens with zero attached hydrogens (tertiary/aromatic N) is 6. The van der Waals surface area contributed by atoms with Crippen molar-refractivity contribution in [3.05, 3.63) is 71.0 Å². The molecule has 0 N–H and O–H groups in total. The summed E-state index contributed by atoms with van der Waals surface area (Å²) in [5.41, 5.74) is 3.26. The van der Waals surface area contributed by atoms with E-state index in [1.165, 1.54) is 11.1 Å². The third-order valence-electron chi connectivity index (χ3n) is 5.71. The molecule has 1 amide bonds. The van der Waals surface area contributed by atoms with Gasteiger partial charge in [0.25, 0.3) is 5.91 Å². The van der Waals surface area contributed by atoms with Gasteiger partial charge in [-0.25, -0.2) is 4.68 Å². The van der Waals surface area contributed by atoms with Gasteiger partial charge in [0.05, 0.1) is 6.04 Å². The molecule has 0 atom stereocenters. The molecule has 0 radical (unpaired) electrons. The molecule has 3 aromatic rings. The van der Waals surface area contributed by atoms with E-state index in [1.807, 2.05) is 43.0 Å². The third-order valence-corrected chi connectivity index (χ3v) is 5.71. The number of benzene rings is 2. The van der Waals surface area contributed by atoms with Crippen LogP contribution in [0, 0.1) is 6.92 Å². The largest absolute Gasteiger partial charge is 0.486 e. The predicted octanol–water partition coefficient (Wildman–Crippen LogP) is 3.10. The zero-order valence-corrected chi connectivity index (χ0v) is 18.9. The normalized spacial score (nSPS) is 14.7. The number of aryl methyl sites for hydroxylation is 1. The fourth-order valence-corrected chi connectivity index (χ4v) is 3.79. The number of ether oxygens (including phenoxy) is 1. The van der Waals surface area contributed by atoms with Crippen molar-refractivity contribution in [3.63, 3.8) is 0 Å². The Balaban J connectivity index is 1.27. The van der Waals surface area contributed by atoms with Crippen molar-refractivity contribution >= 4 is 5.91 Å². The van der Waals surface area contributed by atoms with Gasteiger partial charge >= 0.3 is 0 Å². The van der Waals surface area contributed by atoms with Crippen LogP contribution < -0.4 is 4.74 Å². The maximum atomic E-state index is 12.9. The first-order chi connectivity index (χ1) is 15.5. The maximum Gasteiger partial charge on any atom is 0.253 e. The van der Waals surface area contributed by atoms with E-state index in [9.17, 15) is 4.79 Å². The van der Waals surface area contributed by atoms with Gasteiger partial charge in [-0.2, -0.15) is 0 Å². The van der Waals surface area contributed by atoms with Crippen LogP contribution in [0.25, 0.3) is 0 Å². The Hall–Kier alpha value is -3.26. The van der Waals surface area contributed by atoms with E-state index in [2.05, 4.69) is 51.6 Å². The van der Waals surface area contributed by atoms with E-state index in [1.54, 1.807) is 4.68 Å². The number of hydrogen-bond donors (Lipinski definition) is 0. The van der Waals surface area contributed by atoms with Crippen LogP contribution in [-0.2, 0) is 13.2 Å². The van der Waals surface area contributed by atoms with Crippen LogP contribution in [0.5, 0.6) is 5.75 Å². The minimum absolute atomic E-state index is 0.0651. The summed E-state index contributed by atoms with van der Waals surface area (Å²) in [5, 5.41) is 11.7. The molecule has 168 valence electrons. The number of carbonyl (C=O) groups excluding carboxylic acids is 1. The molecular weight excluding hydrogens is 404 g/mol. The van der Waals surface area contributed by atoms with Gasteiger partial charge in [-0.15, -0.1) is 5.10 Å². The van der Waals surface area contributed by atoms with Crippen LogP contribution in [0.1, 0.15) is 47.2 Å². The number of amides is 1. The Kier molecular flexibility index (Phi) is 6.80. The van der Waals surface area contributed by atoms with Gasteiger partial charge in [0.1, 0.15) is 12.4 Å². The van der Waals surface area contributed by atoms with Crippen molar-refractivity contribution in [2.45, 2.75) is 40.0 Å². The molecule has 0 bridgehead atoms. The summed E-state index contributed by atoms with van der Waals surface area (Å²) in [5.74, 6) is 1.42. The molecule has 0 saturated carbocycles. The van der Waals surface area contributed by atoms with Crippen LogP contribution in [0.2, 0.25) is 0 Å². The van der Waals surface area contributed by atoms with Crippen molar-refractivity contribution in [1.29, 1.82) is 0 Å². The lowest BCUT2D eigenvalue weighted by Gasteiger charge is -2.34. The Labute approximate surface area is 188 Å². The maximum absolute atomic E-state index is 12.9. The van der Waals surface area contributed by atoms with Crippen molar-refractivity contribution in [1.82, 2.24) is 30.0 Å². The molecule has 8 nitrogen and oxygen atoms in total. The molecule has 1 aliphatic heterocycles. The minimum Gasteiger partial charge on any atom is -0.486 e. The van der Waals surface area contributed by atoms with Crippen molar-refractivity contribution < 1.29 is 9.53 Å². The number of tetrazole rings is 1. The molecule has 1 aromatic heterocycles. The van der Waals surface area contributed by atoms with Gasteiger partial charge in [-0.05, 0) is 61.0 Å². The number of hydrogen-bond acceptors (Lipinski definition) is 6. The Bertz CT molecular complexity index is 1020. The third kappa shape index (κ3) is 5.31. The molecule has 32 heavy (non-hydrogen) atoms. The lowest BCUT2D eigenvalue weighted by atomic mass is 10.1. The Morgan fingerprint density at radius 2 is 1.69 bits per heavy atom. The van der Waals surface area contributed by atoms with E-state index in [0.717, 1.165) is 32.7 Å². The van der Waals surface area contributed by atoms with E-state index < -0.39 is 0 Å². The van der Waals surface area contributed by atoms with Crippen LogP contribution in [0.3, 0.4) is 0 Å². The predicted molar refractivity (Wildman–Crippen MR) is 121 cm³/mol. The van der Waals surface area contributed by atoms with Crippen LogP contribution in [-0.4, -0.2) is 62.1 Å². The standard InChI is InChI=1S/C24H30N6O2/c1-18(2)30-23(25-26-27-30)17-32-22-10-8-21(9-11-22)24(31)29-14-12-28(13-15-29)16-20-6-4-19(3)5-7-20/h4-11,18H,12-17H2,1-3H3. The second kappa shape index (κ2) is 9.91. The summed E-state index contributed by atoms with van der Waals surface area (Å²) in [6.45, 7) is 10.6. The van der Waals surface area contributed by atoms with Crippen LogP contribution in [0.4, 0.5) is 0 Å². The lowest BCUT2D eigenvalue weighted by Crippen LogP contribution is -2.48. The van der Waals surface area contributed by atoms with E-state index >= 15 is 0 Å². The van der Waals surface area contributed by atoms with Crippen LogP contribution >= 0.6 is 0 Å². The summed E-state index contributed by atoms with van der Waals surface area (Å²) in [6, 6.07) is 16.1. The molecule has 1 aliphatic rings. The smallest absolute Gasteiger partial charge is 0.253 e. The first-order valence-corrected chi connectivity index (χ1v) is 11.1. The molecule has 2 aromatic carbocycles. The number of aromatic nitrogens is 4. The van der Waals surface area contributed by atoms with Gasteiger partial charge in [0, 0.05) is 38.3 Å². The molecule has 8 heteroatoms. The highest BCUT2D eigenvalue weighted by molar-refractivity contribution is 5.94. The van der Waals surface area contributed by atoms with Crippen molar-refractivity contribution in [2.75, 3.05) is 26.2 Å². The summed E-state index contributed by atoms with van der Waals surface area (Å²) in [6.07, 6.45) is 0. The van der Waals surface area contributed by atoms with Gasteiger partial charge < -0.3 is 9.64 Å². The molecule has 1 saturated heterocycles. The monoisotopic (exact) mass is 434 g/mol. The quantitative estimate of drug-likeness (QED) is 0.569. The van der Waals surface area contributed by atoms with E-state index in [0.29, 0.717) is 17.1 Å². The van der Waals surface area contributed by atoms with E-state index in [4.69, 9.17) is 4.74 Å². The number of carbonyl (C=O) groups is 1. The number of piperazine rings is 1.